The average molecular weight is 475 g/mol. The molecular weight excluding hydrogens is 442 g/mol. The third-order valence-corrected chi connectivity index (χ3v) is 5.88. The summed E-state index contributed by atoms with van der Waals surface area (Å²) in [4.78, 5) is 0. The summed E-state index contributed by atoms with van der Waals surface area (Å²) in [5.74, 6) is 0.677. The van der Waals surface area contributed by atoms with E-state index in [1.165, 1.54) is 56.4 Å². The van der Waals surface area contributed by atoms with E-state index >= 15 is 0 Å². The first-order valence-corrected chi connectivity index (χ1v) is 10.9. The summed E-state index contributed by atoms with van der Waals surface area (Å²) in [6.45, 7) is 12.7. The molecular formula is C18H32PPt-. The minimum absolute atomic E-state index is 0.677. The molecule has 20 heavy (non-hydrogen) atoms. The molecule has 2 heteroatoms. The second kappa shape index (κ2) is 14.4. The van der Waals surface area contributed by atoms with Crippen molar-refractivity contribution in [3.05, 3.63) is 23.8 Å². The van der Waals surface area contributed by atoms with E-state index in [-0.39, 0.29) is 0 Å². The molecule has 1 aliphatic heterocycles. The molecule has 0 nitrogen and oxygen atoms in total. The molecule has 0 radical (unpaired) electrons. The van der Waals surface area contributed by atoms with E-state index in [1.807, 2.05) is 0 Å². The van der Waals surface area contributed by atoms with Crippen molar-refractivity contribution in [2.75, 3.05) is 12.3 Å². The third kappa shape index (κ3) is 10.2. The Morgan fingerprint density at radius 2 is 1.85 bits per heavy atom. The van der Waals surface area contributed by atoms with Crippen molar-refractivity contribution in [1.82, 2.24) is 0 Å². The van der Waals surface area contributed by atoms with Crippen molar-refractivity contribution < 1.29 is 19.4 Å². The molecule has 2 atom stereocenters. The number of unbranched alkanes of at least 4 members (excludes halogenated alkanes) is 4. The summed E-state index contributed by atoms with van der Waals surface area (Å²) < 4.78 is 2.13. The Morgan fingerprint density at radius 1 is 1.20 bits per heavy atom. The normalized spacial score (nSPS) is 19.6. The molecule has 0 aliphatic carbocycles. The molecule has 0 N–H and O–H groups in total. The van der Waals surface area contributed by atoms with Crippen molar-refractivity contribution >= 4 is 13.0 Å². The van der Waals surface area contributed by atoms with Gasteiger partial charge >= 0.3 is 94.1 Å². The van der Waals surface area contributed by atoms with Crippen molar-refractivity contribution in [2.24, 2.45) is 5.92 Å². The van der Waals surface area contributed by atoms with Crippen molar-refractivity contribution in [2.45, 2.75) is 65.7 Å². The van der Waals surface area contributed by atoms with Gasteiger partial charge in [0.15, 0.2) is 0 Å². The molecule has 0 spiro atoms. The van der Waals surface area contributed by atoms with E-state index in [9.17, 15) is 0 Å². The molecule has 0 aromatic rings. The zero-order valence-electron chi connectivity index (χ0n) is 13.5. The Morgan fingerprint density at radius 3 is 2.25 bits per heavy atom. The van der Waals surface area contributed by atoms with Gasteiger partial charge in [0.2, 0.25) is 0 Å². The van der Waals surface area contributed by atoms with Crippen LogP contribution in [0.5, 0.6) is 0 Å². The Labute approximate surface area is 140 Å². The van der Waals surface area contributed by atoms with Gasteiger partial charge in [-0.25, -0.2) is 0 Å². The Hall–Kier alpha value is 0.468. The Bertz CT molecular complexity index is 284. The SMILES string of the molecule is CCCCCCC.[CH-]=C(/C=C(\[CH]=[Pt])CC)C1CCPC1. The van der Waals surface area contributed by atoms with Crippen LogP contribution in [0.3, 0.4) is 0 Å². The zero-order chi connectivity index (χ0) is 15.2. The van der Waals surface area contributed by atoms with E-state index < -0.39 is 0 Å². The van der Waals surface area contributed by atoms with E-state index in [0.29, 0.717) is 5.92 Å². The quantitative estimate of drug-likeness (QED) is 0.183. The van der Waals surface area contributed by atoms with Crippen LogP contribution in [0.25, 0.3) is 0 Å². The van der Waals surface area contributed by atoms with Crippen LogP contribution in [0.4, 0.5) is 0 Å². The second-order valence-corrected chi connectivity index (χ2v) is 7.48. The molecule has 1 saturated heterocycles. The van der Waals surface area contributed by atoms with Crippen LogP contribution in [0, 0.1) is 12.5 Å². The van der Waals surface area contributed by atoms with Crippen LogP contribution < -0.4 is 0 Å². The van der Waals surface area contributed by atoms with Crippen molar-refractivity contribution in [3.8, 4) is 0 Å². The third-order valence-electron chi connectivity index (χ3n) is 3.62. The summed E-state index contributed by atoms with van der Waals surface area (Å²) in [7, 11) is 1.14. The maximum atomic E-state index is 6.05. The molecule has 0 aromatic carbocycles. The van der Waals surface area contributed by atoms with Gasteiger partial charge in [-0.15, -0.1) is 0 Å². The minimum atomic E-state index is 0.677. The van der Waals surface area contributed by atoms with Gasteiger partial charge in [0.25, 0.3) is 0 Å². The van der Waals surface area contributed by atoms with Crippen LogP contribution in [0.15, 0.2) is 17.2 Å². The standard InChI is InChI=1S/C11H16P.C7H16.Pt/c1-4-9(2)7-10(3)11-5-6-12-8-11;1-3-5-7-6-4-2;/h2-3,7,11-12H,4-6,8H2,1H3;3-7H2,1-2H3;/q-1;;/b9-7+;;. The monoisotopic (exact) mass is 474 g/mol. The first-order chi connectivity index (χ1) is 9.69. The maximum absolute atomic E-state index is 6.05. The Balaban J connectivity index is 0.000000441. The molecule has 1 rings (SSSR count). The van der Waals surface area contributed by atoms with Gasteiger partial charge in [0, 0.05) is 0 Å². The van der Waals surface area contributed by atoms with Crippen molar-refractivity contribution in [1.29, 1.82) is 0 Å². The fourth-order valence-electron chi connectivity index (χ4n) is 2.14. The number of hydrogen-bond donors (Lipinski definition) is 0. The van der Waals surface area contributed by atoms with Crippen LogP contribution in [-0.4, -0.2) is 16.7 Å². The van der Waals surface area contributed by atoms with Gasteiger partial charge in [-0.05, 0) is 0 Å². The van der Waals surface area contributed by atoms with Gasteiger partial charge in [-0.1, -0.05) is 46.0 Å². The van der Waals surface area contributed by atoms with E-state index in [0.717, 1.165) is 20.6 Å². The first kappa shape index (κ1) is 20.5. The number of hydrogen-bond acceptors (Lipinski definition) is 0. The Kier molecular flexibility index (Phi) is 14.7. The summed E-state index contributed by atoms with van der Waals surface area (Å²) >= 11 is 2.27. The summed E-state index contributed by atoms with van der Waals surface area (Å²) in [6.07, 6.45) is 14.3. The van der Waals surface area contributed by atoms with Crippen LogP contribution in [-0.2, 0) is 19.4 Å². The van der Waals surface area contributed by atoms with Crippen LogP contribution in [0.1, 0.15) is 65.7 Å². The molecule has 120 valence electrons. The number of rotatable bonds is 8. The van der Waals surface area contributed by atoms with Gasteiger partial charge < -0.3 is 0 Å². The molecule has 2 unspecified atom stereocenters. The zero-order valence-corrected chi connectivity index (χ0v) is 16.8. The van der Waals surface area contributed by atoms with Crippen molar-refractivity contribution in [3.63, 3.8) is 0 Å². The molecule has 1 fully saturated rings. The molecule has 1 aliphatic rings. The van der Waals surface area contributed by atoms with Crippen LogP contribution >= 0.6 is 8.58 Å². The van der Waals surface area contributed by atoms with E-state index in [4.69, 9.17) is 6.58 Å². The summed E-state index contributed by atoms with van der Waals surface area (Å²) in [6, 6.07) is 0. The predicted molar refractivity (Wildman–Crippen MR) is 92.8 cm³/mol. The molecule has 0 saturated carbocycles. The van der Waals surface area contributed by atoms with Gasteiger partial charge in [-0.3, -0.25) is 0 Å². The molecule has 0 amide bonds. The number of allylic oxidation sites excluding steroid dienone is 3. The first-order valence-electron chi connectivity index (χ1n) is 8.12. The van der Waals surface area contributed by atoms with E-state index in [2.05, 4.69) is 50.6 Å². The van der Waals surface area contributed by atoms with E-state index in [1.54, 1.807) is 0 Å². The van der Waals surface area contributed by atoms with Crippen LogP contribution in [0.2, 0.25) is 0 Å². The molecule has 0 bridgehead atoms. The predicted octanol–water partition coefficient (Wildman–Crippen LogP) is 5.71. The fraction of sp³-hybridized carbons (Fsp3) is 0.722. The second-order valence-electron chi connectivity index (χ2n) is 5.41. The summed E-state index contributed by atoms with van der Waals surface area (Å²) in [5, 5.41) is 0. The average Bonchev–Trinajstić information content (AvgIpc) is 3.00. The fourth-order valence-corrected chi connectivity index (χ4v) is 4.34. The van der Waals surface area contributed by atoms with Gasteiger partial charge in [0.1, 0.15) is 0 Å². The van der Waals surface area contributed by atoms with Gasteiger partial charge in [-0.2, -0.15) is 0 Å². The topological polar surface area (TPSA) is 0 Å². The molecule has 1 heterocycles. The summed E-state index contributed by atoms with van der Waals surface area (Å²) in [5.41, 5.74) is 2.46. The van der Waals surface area contributed by atoms with Gasteiger partial charge in [0.05, 0.1) is 0 Å². The molecule has 0 aromatic heterocycles.